The minimum absolute atomic E-state index is 0.212. The number of carbonyl (C=O) groups is 2. The van der Waals surface area contributed by atoms with Crippen molar-refractivity contribution in [3.63, 3.8) is 0 Å². The summed E-state index contributed by atoms with van der Waals surface area (Å²) in [6, 6.07) is 16.2. The van der Waals surface area contributed by atoms with Gasteiger partial charge in [-0.15, -0.1) is 11.3 Å². The number of hydrogen-bond donors (Lipinski definition) is 3. The lowest BCUT2D eigenvalue weighted by molar-refractivity contribution is -0.142. The van der Waals surface area contributed by atoms with Crippen molar-refractivity contribution in [3.8, 4) is 10.6 Å². The fourth-order valence-electron chi connectivity index (χ4n) is 3.01. The summed E-state index contributed by atoms with van der Waals surface area (Å²) in [5.74, 6) is -1.40. The highest BCUT2D eigenvalue weighted by Crippen LogP contribution is 2.22. The summed E-state index contributed by atoms with van der Waals surface area (Å²) in [7, 11) is 0. The zero-order chi connectivity index (χ0) is 20.6. The maximum absolute atomic E-state index is 12.7. The smallest absolute Gasteiger partial charge is 0.326 e. The van der Waals surface area contributed by atoms with E-state index in [0.29, 0.717) is 12.2 Å². The van der Waals surface area contributed by atoms with Crippen LogP contribution in [0.4, 0.5) is 0 Å². The fourth-order valence-corrected chi connectivity index (χ4v) is 3.95. The normalized spacial score (nSPS) is 12.9. The van der Waals surface area contributed by atoms with Crippen molar-refractivity contribution >= 4 is 35.8 Å². The predicted molar refractivity (Wildman–Crippen MR) is 118 cm³/mol. The van der Waals surface area contributed by atoms with Crippen molar-refractivity contribution in [3.05, 3.63) is 77.3 Å². The number of carboxylic acids is 1. The van der Waals surface area contributed by atoms with Gasteiger partial charge in [0.15, 0.2) is 0 Å². The molecule has 1 aromatic heterocycles. The monoisotopic (exact) mass is 426 g/mol. The van der Waals surface area contributed by atoms with E-state index in [0.717, 1.165) is 21.7 Å². The van der Waals surface area contributed by atoms with Crippen molar-refractivity contribution < 1.29 is 14.7 Å². The summed E-state index contributed by atoms with van der Waals surface area (Å²) in [6.07, 6.45) is 2.48. The van der Waals surface area contributed by atoms with Gasteiger partial charge < -0.3 is 10.4 Å². The quantitative estimate of drug-likeness (QED) is 0.456. The first kappa shape index (κ1) is 21.1. The van der Waals surface area contributed by atoms with E-state index in [1.807, 2.05) is 60.0 Å². The van der Waals surface area contributed by atoms with Crippen LogP contribution in [0.1, 0.15) is 11.1 Å². The number of hydrogen-bond acceptors (Lipinski definition) is 5. The summed E-state index contributed by atoms with van der Waals surface area (Å²) >= 11 is 5.83. The molecule has 0 aliphatic rings. The Morgan fingerprint density at radius 2 is 1.72 bits per heavy atom. The summed E-state index contributed by atoms with van der Waals surface area (Å²) in [5.41, 5.74) is 2.84. The van der Waals surface area contributed by atoms with Gasteiger partial charge in [-0.2, -0.15) is 12.6 Å². The number of thiazole rings is 1. The van der Waals surface area contributed by atoms with Gasteiger partial charge in [0, 0.05) is 29.3 Å². The Kier molecular flexibility index (Phi) is 7.43. The Bertz CT molecular complexity index is 928. The highest BCUT2D eigenvalue weighted by Gasteiger charge is 2.25. The topological polar surface area (TPSA) is 79.3 Å². The molecule has 5 nitrogen and oxygen atoms in total. The number of carboxylic acid groups (broad SMARTS) is 1. The van der Waals surface area contributed by atoms with Crippen LogP contribution in [0.5, 0.6) is 0 Å². The lowest BCUT2D eigenvalue weighted by Gasteiger charge is -2.19. The molecule has 0 bridgehead atoms. The van der Waals surface area contributed by atoms with E-state index in [-0.39, 0.29) is 12.3 Å². The van der Waals surface area contributed by atoms with E-state index >= 15 is 0 Å². The highest BCUT2D eigenvalue weighted by molar-refractivity contribution is 7.80. The number of aromatic nitrogens is 1. The molecule has 0 aliphatic carbocycles. The molecule has 0 radical (unpaired) electrons. The van der Waals surface area contributed by atoms with Crippen molar-refractivity contribution in [1.82, 2.24) is 10.3 Å². The number of amides is 1. The lowest BCUT2D eigenvalue weighted by Crippen LogP contribution is -2.45. The average molecular weight is 427 g/mol. The molecule has 1 heterocycles. The number of aliphatic carboxylic acids is 1. The van der Waals surface area contributed by atoms with Crippen LogP contribution in [0.2, 0.25) is 0 Å². The van der Waals surface area contributed by atoms with Crippen molar-refractivity contribution in [2.45, 2.75) is 18.9 Å². The van der Waals surface area contributed by atoms with E-state index in [2.05, 4.69) is 22.9 Å². The molecule has 2 aromatic carbocycles. The zero-order valence-electron chi connectivity index (χ0n) is 15.7. The Morgan fingerprint density at radius 1 is 1.03 bits per heavy atom. The molecule has 29 heavy (non-hydrogen) atoms. The third kappa shape index (κ3) is 5.92. The van der Waals surface area contributed by atoms with Gasteiger partial charge in [0.2, 0.25) is 5.91 Å². The van der Waals surface area contributed by atoms with E-state index < -0.39 is 17.9 Å². The van der Waals surface area contributed by atoms with Crippen molar-refractivity contribution in [1.29, 1.82) is 0 Å². The SMILES string of the molecule is O=C(N[C@@H](Cc1ccc(-c2nccs2)cc1)C(=O)O)C(CS)Cc1ccccc1. The minimum atomic E-state index is -1.06. The van der Waals surface area contributed by atoms with Gasteiger partial charge in [-0.1, -0.05) is 54.6 Å². The first-order valence-corrected chi connectivity index (χ1v) is 10.7. The number of rotatable bonds is 9. The number of carbonyl (C=O) groups excluding carboxylic acids is 1. The largest absolute Gasteiger partial charge is 0.480 e. The molecule has 7 heteroatoms. The van der Waals surface area contributed by atoms with Crippen LogP contribution < -0.4 is 5.32 Å². The summed E-state index contributed by atoms with van der Waals surface area (Å²) in [4.78, 5) is 28.7. The molecular formula is C22H22N2O3S2. The lowest BCUT2D eigenvalue weighted by atomic mass is 9.98. The molecule has 2 N–H and O–H groups in total. The maximum atomic E-state index is 12.7. The van der Waals surface area contributed by atoms with Gasteiger partial charge in [0.1, 0.15) is 11.0 Å². The van der Waals surface area contributed by atoms with Gasteiger partial charge >= 0.3 is 5.97 Å². The van der Waals surface area contributed by atoms with E-state index in [9.17, 15) is 14.7 Å². The molecule has 3 aromatic rings. The van der Waals surface area contributed by atoms with Gasteiger partial charge in [-0.3, -0.25) is 4.79 Å². The first-order chi connectivity index (χ1) is 14.1. The number of nitrogens with one attached hydrogen (secondary N) is 1. The van der Waals surface area contributed by atoms with Gasteiger partial charge in [-0.25, -0.2) is 9.78 Å². The van der Waals surface area contributed by atoms with Gasteiger partial charge in [-0.05, 0) is 17.5 Å². The van der Waals surface area contributed by atoms with Crippen molar-refractivity contribution in [2.75, 3.05) is 5.75 Å². The van der Waals surface area contributed by atoms with Crippen LogP contribution in [0, 0.1) is 5.92 Å². The molecular weight excluding hydrogens is 404 g/mol. The predicted octanol–water partition coefficient (Wildman–Crippen LogP) is 3.71. The number of thiol groups is 1. The Morgan fingerprint density at radius 3 is 2.31 bits per heavy atom. The molecule has 0 fully saturated rings. The van der Waals surface area contributed by atoms with Crippen LogP contribution in [-0.4, -0.2) is 33.8 Å². The van der Waals surface area contributed by atoms with Crippen LogP contribution >= 0.6 is 24.0 Å². The second-order valence-corrected chi connectivity index (χ2v) is 7.97. The molecule has 0 spiro atoms. The molecule has 1 unspecified atom stereocenters. The second kappa shape index (κ2) is 10.2. The summed E-state index contributed by atoms with van der Waals surface area (Å²) in [6.45, 7) is 0. The van der Waals surface area contributed by atoms with Crippen LogP contribution in [-0.2, 0) is 22.4 Å². The van der Waals surface area contributed by atoms with Gasteiger partial charge in [0.25, 0.3) is 0 Å². The maximum Gasteiger partial charge on any atom is 0.326 e. The molecule has 0 aliphatic heterocycles. The van der Waals surface area contributed by atoms with E-state index in [1.165, 1.54) is 0 Å². The molecule has 0 saturated heterocycles. The van der Waals surface area contributed by atoms with E-state index in [4.69, 9.17) is 0 Å². The third-order valence-corrected chi connectivity index (χ3v) is 5.87. The average Bonchev–Trinajstić information content (AvgIpc) is 3.27. The molecule has 1 amide bonds. The first-order valence-electron chi connectivity index (χ1n) is 9.23. The van der Waals surface area contributed by atoms with E-state index in [1.54, 1.807) is 17.5 Å². The summed E-state index contributed by atoms with van der Waals surface area (Å²) in [5, 5.41) is 15.1. The minimum Gasteiger partial charge on any atom is -0.480 e. The zero-order valence-corrected chi connectivity index (χ0v) is 17.4. The van der Waals surface area contributed by atoms with Crippen LogP contribution in [0.25, 0.3) is 10.6 Å². The summed E-state index contributed by atoms with van der Waals surface area (Å²) < 4.78 is 0. The van der Waals surface area contributed by atoms with Gasteiger partial charge in [0.05, 0.1) is 5.92 Å². The number of nitrogens with zero attached hydrogens (tertiary/aromatic N) is 1. The number of benzene rings is 2. The van der Waals surface area contributed by atoms with Crippen LogP contribution in [0.15, 0.2) is 66.2 Å². The van der Waals surface area contributed by atoms with Crippen LogP contribution in [0.3, 0.4) is 0 Å². The standard InChI is InChI=1S/C22H22N2O3S2/c25-20(18(14-28)12-15-4-2-1-3-5-15)24-19(22(26)27)13-16-6-8-17(9-7-16)21-23-10-11-29-21/h1-11,18-19,28H,12-14H2,(H,24,25)(H,26,27)/t18?,19-/m0/s1. The molecule has 3 rings (SSSR count). The van der Waals surface area contributed by atoms with Crippen molar-refractivity contribution in [2.24, 2.45) is 5.92 Å². The fraction of sp³-hybridized carbons (Fsp3) is 0.227. The Hall–Kier alpha value is -2.64. The highest BCUT2D eigenvalue weighted by atomic mass is 32.1. The second-order valence-electron chi connectivity index (χ2n) is 6.71. The third-order valence-electron chi connectivity index (χ3n) is 4.60. The Balaban J connectivity index is 1.64. The molecule has 2 atom stereocenters. The molecule has 0 saturated carbocycles. The Labute approximate surface area is 179 Å². The molecule has 150 valence electrons.